The van der Waals surface area contributed by atoms with E-state index in [0.717, 1.165) is 5.69 Å². The molecule has 0 saturated heterocycles. The van der Waals surface area contributed by atoms with Gasteiger partial charge in [0.05, 0.1) is 25.8 Å². The zero-order chi connectivity index (χ0) is 22.4. The van der Waals surface area contributed by atoms with Gasteiger partial charge in [-0.3, -0.25) is 4.79 Å². The molecule has 0 aromatic heterocycles. The normalized spacial score (nSPS) is 10.9. The maximum absolute atomic E-state index is 12.2. The van der Waals surface area contributed by atoms with Crippen LogP contribution in [-0.4, -0.2) is 32.6 Å². The van der Waals surface area contributed by atoms with E-state index in [0.29, 0.717) is 5.56 Å². The molecule has 6 nitrogen and oxygen atoms in total. The van der Waals surface area contributed by atoms with Crippen molar-refractivity contribution in [1.29, 1.82) is 5.26 Å². The second kappa shape index (κ2) is 10.6. The van der Waals surface area contributed by atoms with Crippen LogP contribution in [0, 0.1) is 11.3 Å². The molecule has 1 amide bonds. The van der Waals surface area contributed by atoms with Gasteiger partial charge < -0.3 is 15.0 Å². The number of hydrogen-bond donors (Lipinski definition) is 1. The van der Waals surface area contributed by atoms with Gasteiger partial charge in [0.1, 0.15) is 11.6 Å². The minimum absolute atomic E-state index is 0.00564. The summed E-state index contributed by atoms with van der Waals surface area (Å²) in [6.07, 6.45) is 1.37. The molecular formula is C20H15Cl4N3O3. The van der Waals surface area contributed by atoms with Crippen LogP contribution in [-0.2, 0) is 14.3 Å². The molecule has 2 aromatic carbocycles. The van der Waals surface area contributed by atoms with Crippen molar-refractivity contribution in [3.63, 3.8) is 0 Å². The van der Waals surface area contributed by atoms with Crippen LogP contribution in [0.5, 0.6) is 0 Å². The fraction of sp³-hybridized carbons (Fsp3) is 0.150. The summed E-state index contributed by atoms with van der Waals surface area (Å²) in [6.45, 7) is -0.672. The summed E-state index contributed by atoms with van der Waals surface area (Å²) in [5.41, 5.74) is 1.32. The van der Waals surface area contributed by atoms with Crippen molar-refractivity contribution < 1.29 is 14.3 Å². The Morgan fingerprint density at radius 1 is 1.10 bits per heavy atom. The number of carbonyl (C=O) groups excluding carboxylic acids is 2. The molecule has 10 heteroatoms. The number of halogens is 4. The third kappa shape index (κ3) is 6.04. The fourth-order valence-corrected chi connectivity index (χ4v) is 3.14. The minimum Gasteiger partial charge on any atom is -0.451 e. The van der Waals surface area contributed by atoms with Crippen LogP contribution in [0.1, 0.15) is 5.56 Å². The van der Waals surface area contributed by atoms with E-state index >= 15 is 0 Å². The van der Waals surface area contributed by atoms with Crippen molar-refractivity contribution >= 4 is 75.7 Å². The lowest BCUT2D eigenvalue weighted by Gasteiger charge is -2.12. The highest BCUT2D eigenvalue weighted by Crippen LogP contribution is 2.40. The van der Waals surface area contributed by atoms with Crippen molar-refractivity contribution in [1.82, 2.24) is 0 Å². The summed E-state index contributed by atoms with van der Waals surface area (Å²) in [5, 5.41) is 11.8. The van der Waals surface area contributed by atoms with Crippen LogP contribution in [0.3, 0.4) is 0 Å². The zero-order valence-electron chi connectivity index (χ0n) is 15.8. The molecule has 2 aromatic rings. The highest BCUT2D eigenvalue weighted by atomic mass is 35.5. The zero-order valence-corrected chi connectivity index (χ0v) is 18.8. The van der Waals surface area contributed by atoms with E-state index in [1.54, 1.807) is 18.2 Å². The maximum atomic E-state index is 12.2. The number of amides is 1. The first-order valence-electron chi connectivity index (χ1n) is 8.33. The lowest BCUT2D eigenvalue weighted by atomic mass is 10.1. The average molecular weight is 487 g/mol. The van der Waals surface area contributed by atoms with Crippen molar-refractivity contribution in [2.75, 3.05) is 30.9 Å². The molecule has 30 heavy (non-hydrogen) atoms. The second-order valence-electron chi connectivity index (χ2n) is 6.12. The lowest BCUT2D eigenvalue weighted by Crippen LogP contribution is -2.21. The number of hydrogen-bond acceptors (Lipinski definition) is 5. The van der Waals surface area contributed by atoms with Gasteiger partial charge in [-0.2, -0.15) is 5.26 Å². The lowest BCUT2D eigenvalue weighted by molar-refractivity contribution is -0.142. The molecule has 0 spiro atoms. The van der Waals surface area contributed by atoms with Crippen molar-refractivity contribution in [3.05, 3.63) is 61.6 Å². The number of nitriles is 1. The first-order valence-corrected chi connectivity index (χ1v) is 9.84. The summed E-state index contributed by atoms with van der Waals surface area (Å²) in [4.78, 5) is 26.2. The number of nitrogens with zero attached hydrogens (tertiary/aromatic N) is 2. The SMILES string of the molecule is CN(C)c1ccc(/C=C(\C#N)C(=O)OCC(=O)Nc2c(Cl)c(Cl)cc(Cl)c2Cl)cc1. The first kappa shape index (κ1) is 23.8. The Kier molecular flexibility index (Phi) is 8.39. The molecule has 0 atom stereocenters. The van der Waals surface area contributed by atoms with Crippen LogP contribution >= 0.6 is 46.4 Å². The number of rotatable bonds is 6. The monoisotopic (exact) mass is 485 g/mol. The van der Waals surface area contributed by atoms with E-state index in [-0.39, 0.29) is 31.4 Å². The molecular weight excluding hydrogens is 472 g/mol. The van der Waals surface area contributed by atoms with Gasteiger partial charge in [-0.05, 0) is 29.8 Å². The van der Waals surface area contributed by atoms with E-state index in [4.69, 9.17) is 51.1 Å². The number of ether oxygens (including phenoxy) is 1. The topological polar surface area (TPSA) is 82.4 Å². The average Bonchev–Trinajstić information content (AvgIpc) is 2.72. The maximum Gasteiger partial charge on any atom is 0.349 e. The summed E-state index contributed by atoms with van der Waals surface area (Å²) in [7, 11) is 3.79. The molecule has 0 heterocycles. The number of anilines is 2. The van der Waals surface area contributed by atoms with E-state index < -0.39 is 18.5 Å². The van der Waals surface area contributed by atoms with Gasteiger partial charge >= 0.3 is 5.97 Å². The molecule has 0 aliphatic rings. The van der Waals surface area contributed by atoms with Crippen LogP contribution in [0.4, 0.5) is 11.4 Å². The van der Waals surface area contributed by atoms with Crippen LogP contribution < -0.4 is 10.2 Å². The standard InChI is InChI=1S/C20H15Cl4N3O3/c1-27(2)13-5-3-11(4-6-13)7-12(9-25)20(29)30-10-16(28)26-19-17(23)14(21)8-15(22)18(19)24/h3-8H,10H2,1-2H3,(H,26,28)/b12-7+. The summed E-state index contributed by atoms with van der Waals surface area (Å²) >= 11 is 23.9. The van der Waals surface area contributed by atoms with Crippen LogP contribution in [0.15, 0.2) is 35.9 Å². The molecule has 0 fully saturated rings. The Hall–Kier alpha value is -2.43. The van der Waals surface area contributed by atoms with Crippen LogP contribution in [0.25, 0.3) is 6.08 Å². The largest absolute Gasteiger partial charge is 0.451 e. The van der Waals surface area contributed by atoms with Gasteiger partial charge in [0.25, 0.3) is 5.91 Å². The molecule has 156 valence electrons. The molecule has 0 aliphatic carbocycles. The van der Waals surface area contributed by atoms with E-state index in [1.807, 2.05) is 31.1 Å². The van der Waals surface area contributed by atoms with Crippen molar-refractivity contribution in [2.24, 2.45) is 0 Å². The van der Waals surface area contributed by atoms with Gasteiger partial charge in [0.2, 0.25) is 0 Å². The van der Waals surface area contributed by atoms with Gasteiger partial charge in [-0.15, -0.1) is 0 Å². The quantitative estimate of drug-likeness (QED) is 0.254. The molecule has 2 rings (SSSR count). The third-order valence-corrected chi connectivity index (χ3v) is 5.35. The fourth-order valence-electron chi connectivity index (χ4n) is 2.24. The number of nitrogens with one attached hydrogen (secondary N) is 1. The Morgan fingerprint density at radius 3 is 2.17 bits per heavy atom. The first-order chi connectivity index (χ1) is 14.1. The Labute approximate surface area is 193 Å². The molecule has 0 unspecified atom stereocenters. The molecule has 0 aliphatic heterocycles. The smallest absolute Gasteiger partial charge is 0.349 e. The van der Waals surface area contributed by atoms with E-state index in [9.17, 15) is 14.9 Å². The summed E-state index contributed by atoms with van der Waals surface area (Å²) in [6, 6.07) is 10.3. The van der Waals surface area contributed by atoms with Crippen LogP contribution in [0.2, 0.25) is 20.1 Å². The molecule has 1 N–H and O–H groups in total. The van der Waals surface area contributed by atoms with Crippen molar-refractivity contribution in [2.45, 2.75) is 0 Å². The van der Waals surface area contributed by atoms with Gasteiger partial charge in [-0.25, -0.2) is 4.79 Å². The Balaban J connectivity index is 2.05. The van der Waals surface area contributed by atoms with Gasteiger partial charge in [0.15, 0.2) is 6.61 Å². The molecule has 0 radical (unpaired) electrons. The number of esters is 1. The predicted molar refractivity (Wildman–Crippen MR) is 120 cm³/mol. The van der Waals surface area contributed by atoms with E-state index in [1.165, 1.54) is 12.1 Å². The van der Waals surface area contributed by atoms with Gasteiger partial charge in [0, 0.05) is 19.8 Å². The molecule has 0 saturated carbocycles. The Bertz CT molecular complexity index is 1020. The summed E-state index contributed by atoms with van der Waals surface area (Å²) in [5.74, 6) is -1.69. The minimum atomic E-state index is -0.953. The highest BCUT2D eigenvalue weighted by Gasteiger charge is 2.18. The number of carbonyl (C=O) groups is 2. The summed E-state index contributed by atoms with van der Waals surface area (Å²) < 4.78 is 4.90. The molecule has 0 bridgehead atoms. The highest BCUT2D eigenvalue weighted by molar-refractivity contribution is 6.50. The predicted octanol–water partition coefficient (Wildman–Crippen LogP) is 5.46. The Morgan fingerprint density at radius 2 is 1.67 bits per heavy atom. The van der Waals surface area contributed by atoms with Crippen molar-refractivity contribution in [3.8, 4) is 6.07 Å². The van der Waals surface area contributed by atoms with Gasteiger partial charge in [-0.1, -0.05) is 58.5 Å². The number of benzene rings is 2. The third-order valence-electron chi connectivity index (χ3n) is 3.77. The van der Waals surface area contributed by atoms with E-state index in [2.05, 4.69) is 5.32 Å². The second-order valence-corrected chi connectivity index (χ2v) is 7.69.